The van der Waals surface area contributed by atoms with Crippen molar-refractivity contribution in [1.29, 1.82) is 0 Å². The number of benzene rings is 2. The smallest absolute Gasteiger partial charge is 0.228 e. The number of hydrogen-bond acceptors (Lipinski definition) is 4. The molecule has 6 heteroatoms. The third-order valence-corrected chi connectivity index (χ3v) is 4.69. The summed E-state index contributed by atoms with van der Waals surface area (Å²) in [5.74, 6) is 0.520. The zero-order valence-corrected chi connectivity index (χ0v) is 15.4. The lowest BCUT2D eigenvalue weighted by Gasteiger charge is -2.10. The number of hydrogen-bond donors (Lipinski definition) is 1. The van der Waals surface area contributed by atoms with Crippen LogP contribution in [0.3, 0.4) is 0 Å². The van der Waals surface area contributed by atoms with Crippen LogP contribution >= 0.6 is 22.9 Å². The van der Waals surface area contributed by atoms with Gasteiger partial charge in [0.2, 0.25) is 5.91 Å². The highest BCUT2D eigenvalue weighted by molar-refractivity contribution is 7.09. The van der Waals surface area contributed by atoms with E-state index in [9.17, 15) is 4.79 Å². The Morgan fingerprint density at radius 1 is 1.24 bits per heavy atom. The highest BCUT2D eigenvalue weighted by Crippen LogP contribution is 2.25. The summed E-state index contributed by atoms with van der Waals surface area (Å²) in [6.45, 7) is 1.98. The lowest BCUT2D eigenvalue weighted by Crippen LogP contribution is -2.14. The summed E-state index contributed by atoms with van der Waals surface area (Å²) in [5, 5.41) is 6.52. The maximum Gasteiger partial charge on any atom is 0.228 e. The molecule has 0 saturated heterocycles. The number of aromatic nitrogens is 1. The van der Waals surface area contributed by atoms with Crippen LogP contribution in [-0.2, 0) is 11.2 Å². The molecule has 4 nitrogen and oxygen atoms in total. The monoisotopic (exact) mass is 372 g/mol. The molecule has 0 unspecified atom stereocenters. The zero-order chi connectivity index (χ0) is 17.8. The van der Waals surface area contributed by atoms with E-state index in [1.807, 2.05) is 36.6 Å². The lowest BCUT2D eigenvalue weighted by molar-refractivity contribution is -0.115. The first-order chi connectivity index (χ1) is 12.0. The van der Waals surface area contributed by atoms with Crippen LogP contribution in [0.25, 0.3) is 11.3 Å². The van der Waals surface area contributed by atoms with E-state index in [2.05, 4.69) is 10.3 Å². The molecule has 25 heavy (non-hydrogen) atoms. The summed E-state index contributed by atoms with van der Waals surface area (Å²) in [6.07, 6.45) is 0.191. The second-order valence-electron chi connectivity index (χ2n) is 5.51. The van der Waals surface area contributed by atoms with Gasteiger partial charge < -0.3 is 10.1 Å². The van der Waals surface area contributed by atoms with Gasteiger partial charge in [-0.3, -0.25) is 4.79 Å². The first kappa shape index (κ1) is 17.5. The molecule has 128 valence electrons. The van der Waals surface area contributed by atoms with E-state index < -0.39 is 0 Å². The molecule has 0 bridgehead atoms. The molecule has 0 aliphatic rings. The zero-order valence-electron chi connectivity index (χ0n) is 13.9. The fourth-order valence-electron chi connectivity index (χ4n) is 2.48. The fraction of sp³-hybridized carbons (Fsp3) is 0.158. The van der Waals surface area contributed by atoms with Gasteiger partial charge in [0, 0.05) is 27.2 Å². The van der Waals surface area contributed by atoms with Crippen LogP contribution in [0.4, 0.5) is 5.69 Å². The van der Waals surface area contributed by atoms with Gasteiger partial charge in [0.1, 0.15) is 5.75 Å². The van der Waals surface area contributed by atoms with Crippen molar-refractivity contribution in [2.24, 2.45) is 0 Å². The van der Waals surface area contributed by atoms with Crippen molar-refractivity contribution in [2.75, 3.05) is 12.4 Å². The predicted octanol–water partition coefficient (Wildman–Crippen LogP) is 4.96. The normalized spacial score (nSPS) is 10.5. The van der Waals surface area contributed by atoms with Gasteiger partial charge in [-0.15, -0.1) is 11.3 Å². The Morgan fingerprint density at radius 2 is 2.00 bits per heavy atom. The van der Waals surface area contributed by atoms with Crippen LogP contribution < -0.4 is 10.1 Å². The van der Waals surface area contributed by atoms with Gasteiger partial charge in [0.15, 0.2) is 0 Å². The quantitative estimate of drug-likeness (QED) is 0.688. The second kappa shape index (κ2) is 7.68. The molecule has 0 atom stereocenters. The SMILES string of the molecule is COc1ccc(Cl)cc1CC(=O)Nc1ccc(-c2csc(C)n2)cc1. The van der Waals surface area contributed by atoms with Gasteiger partial charge in [0.25, 0.3) is 0 Å². The summed E-state index contributed by atoms with van der Waals surface area (Å²) in [6, 6.07) is 12.9. The van der Waals surface area contributed by atoms with E-state index in [0.29, 0.717) is 10.8 Å². The first-order valence-electron chi connectivity index (χ1n) is 7.70. The second-order valence-corrected chi connectivity index (χ2v) is 7.01. The van der Waals surface area contributed by atoms with E-state index in [0.717, 1.165) is 27.5 Å². The van der Waals surface area contributed by atoms with Crippen molar-refractivity contribution in [3.8, 4) is 17.0 Å². The number of nitrogens with one attached hydrogen (secondary N) is 1. The molecule has 0 aliphatic heterocycles. The van der Waals surface area contributed by atoms with Crippen LogP contribution in [0, 0.1) is 6.92 Å². The van der Waals surface area contributed by atoms with E-state index in [1.165, 1.54) is 0 Å². The van der Waals surface area contributed by atoms with Gasteiger partial charge in [-0.1, -0.05) is 23.7 Å². The molecular formula is C19H17ClN2O2S. The van der Waals surface area contributed by atoms with Crippen molar-refractivity contribution in [1.82, 2.24) is 4.98 Å². The van der Waals surface area contributed by atoms with Gasteiger partial charge >= 0.3 is 0 Å². The molecule has 3 aromatic rings. The van der Waals surface area contributed by atoms with Crippen LogP contribution in [0.5, 0.6) is 5.75 Å². The summed E-state index contributed by atoms with van der Waals surface area (Å²) in [4.78, 5) is 16.8. The summed E-state index contributed by atoms with van der Waals surface area (Å²) in [7, 11) is 1.57. The number of aryl methyl sites for hydroxylation is 1. The molecule has 0 saturated carbocycles. The van der Waals surface area contributed by atoms with Crippen LogP contribution in [0.15, 0.2) is 47.8 Å². The molecule has 1 N–H and O–H groups in total. The number of carbonyl (C=O) groups excluding carboxylic acids is 1. The number of ether oxygens (including phenoxy) is 1. The van der Waals surface area contributed by atoms with Gasteiger partial charge in [-0.25, -0.2) is 4.98 Å². The minimum absolute atomic E-state index is 0.127. The maximum atomic E-state index is 12.3. The van der Waals surface area contributed by atoms with Crippen molar-refractivity contribution >= 4 is 34.5 Å². The van der Waals surface area contributed by atoms with Crippen molar-refractivity contribution in [3.63, 3.8) is 0 Å². The summed E-state index contributed by atoms with van der Waals surface area (Å²) in [5.41, 5.74) is 3.46. The van der Waals surface area contributed by atoms with Crippen molar-refractivity contribution in [3.05, 3.63) is 63.4 Å². The number of carbonyl (C=O) groups is 1. The molecule has 0 spiro atoms. The third-order valence-electron chi connectivity index (χ3n) is 3.68. The molecule has 2 aromatic carbocycles. The van der Waals surface area contributed by atoms with E-state index in [-0.39, 0.29) is 12.3 Å². The molecule has 1 aromatic heterocycles. The third kappa shape index (κ3) is 4.38. The summed E-state index contributed by atoms with van der Waals surface area (Å²) < 4.78 is 5.27. The molecule has 3 rings (SSSR count). The van der Waals surface area contributed by atoms with E-state index in [1.54, 1.807) is 36.6 Å². The number of thiazole rings is 1. The Labute approximate surface area is 155 Å². The van der Waals surface area contributed by atoms with Crippen LogP contribution in [-0.4, -0.2) is 18.0 Å². The Bertz CT molecular complexity index is 891. The molecule has 1 amide bonds. The molecular weight excluding hydrogens is 356 g/mol. The number of anilines is 1. The van der Waals surface area contributed by atoms with Crippen LogP contribution in [0.2, 0.25) is 5.02 Å². The largest absolute Gasteiger partial charge is 0.496 e. The van der Waals surface area contributed by atoms with Crippen LogP contribution in [0.1, 0.15) is 10.6 Å². The molecule has 0 radical (unpaired) electrons. The molecule has 0 fully saturated rings. The lowest BCUT2D eigenvalue weighted by atomic mass is 10.1. The van der Waals surface area contributed by atoms with Crippen molar-refractivity contribution < 1.29 is 9.53 Å². The molecule has 1 heterocycles. The first-order valence-corrected chi connectivity index (χ1v) is 8.96. The topological polar surface area (TPSA) is 51.2 Å². The number of nitrogens with zero attached hydrogens (tertiary/aromatic N) is 1. The van der Waals surface area contributed by atoms with Gasteiger partial charge in [-0.05, 0) is 37.3 Å². The Balaban J connectivity index is 1.68. The highest BCUT2D eigenvalue weighted by Gasteiger charge is 2.10. The predicted molar refractivity (Wildman–Crippen MR) is 103 cm³/mol. The fourth-order valence-corrected chi connectivity index (χ4v) is 3.30. The van der Waals surface area contributed by atoms with Gasteiger partial charge in [-0.2, -0.15) is 0 Å². The number of methoxy groups -OCH3 is 1. The molecule has 0 aliphatic carbocycles. The average molecular weight is 373 g/mol. The van der Waals surface area contributed by atoms with Gasteiger partial charge in [0.05, 0.1) is 24.2 Å². The standard InChI is InChI=1S/C19H17ClN2O2S/c1-12-21-17(11-25-12)13-3-6-16(7-4-13)22-19(23)10-14-9-15(20)5-8-18(14)24-2/h3-9,11H,10H2,1-2H3,(H,22,23). The minimum atomic E-state index is -0.127. The van der Waals surface area contributed by atoms with E-state index in [4.69, 9.17) is 16.3 Å². The Hall–Kier alpha value is -2.37. The number of rotatable bonds is 5. The number of amides is 1. The van der Waals surface area contributed by atoms with E-state index >= 15 is 0 Å². The minimum Gasteiger partial charge on any atom is -0.496 e. The summed E-state index contributed by atoms with van der Waals surface area (Å²) >= 11 is 7.62. The Morgan fingerprint density at radius 3 is 2.64 bits per heavy atom. The van der Waals surface area contributed by atoms with Crippen molar-refractivity contribution in [2.45, 2.75) is 13.3 Å². The maximum absolute atomic E-state index is 12.3. The number of halogens is 1. The average Bonchev–Trinajstić information content (AvgIpc) is 3.02. The Kier molecular flexibility index (Phi) is 5.36. The highest BCUT2D eigenvalue weighted by atomic mass is 35.5.